The molecule has 21 heavy (non-hydrogen) atoms. The first-order valence-corrected chi connectivity index (χ1v) is 8.66. The molecular formula is C18H24N2S. The highest BCUT2D eigenvalue weighted by atomic mass is 32.1. The topological polar surface area (TPSA) is 29.3 Å². The number of fused-ring (bicyclic) bond motifs is 1. The van der Waals surface area contributed by atoms with Crippen molar-refractivity contribution in [2.24, 2.45) is 5.73 Å². The minimum absolute atomic E-state index is 0.333. The van der Waals surface area contributed by atoms with Gasteiger partial charge in [-0.05, 0) is 40.5 Å². The van der Waals surface area contributed by atoms with Gasteiger partial charge in [-0.2, -0.15) is 0 Å². The summed E-state index contributed by atoms with van der Waals surface area (Å²) in [6, 6.07) is 11.6. The first-order chi connectivity index (χ1) is 10.2. The Morgan fingerprint density at radius 1 is 1.14 bits per heavy atom. The second-order valence-corrected chi connectivity index (χ2v) is 7.16. The van der Waals surface area contributed by atoms with Crippen molar-refractivity contribution in [3.8, 4) is 0 Å². The van der Waals surface area contributed by atoms with Gasteiger partial charge in [0, 0.05) is 30.6 Å². The highest BCUT2D eigenvalue weighted by Crippen LogP contribution is 2.30. The predicted molar refractivity (Wildman–Crippen MR) is 90.8 cm³/mol. The fourth-order valence-electron chi connectivity index (χ4n) is 3.14. The maximum Gasteiger partial charge on any atom is 0.0474 e. The van der Waals surface area contributed by atoms with Crippen LogP contribution in [0.15, 0.2) is 35.7 Å². The van der Waals surface area contributed by atoms with Gasteiger partial charge >= 0.3 is 0 Å². The summed E-state index contributed by atoms with van der Waals surface area (Å²) in [7, 11) is 0. The quantitative estimate of drug-likeness (QED) is 0.927. The molecule has 1 aliphatic rings. The summed E-state index contributed by atoms with van der Waals surface area (Å²) in [5, 5.41) is 2.21. The van der Waals surface area contributed by atoms with E-state index in [4.69, 9.17) is 5.73 Å². The van der Waals surface area contributed by atoms with Crippen molar-refractivity contribution in [1.29, 1.82) is 0 Å². The summed E-state index contributed by atoms with van der Waals surface area (Å²) in [4.78, 5) is 4.08. The normalized spacial score (nSPS) is 17.0. The molecule has 0 spiro atoms. The van der Waals surface area contributed by atoms with Crippen molar-refractivity contribution in [3.05, 3.63) is 57.3 Å². The summed E-state index contributed by atoms with van der Waals surface area (Å²) in [6.45, 7) is 7.30. The fourth-order valence-corrected chi connectivity index (χ4v) is 4.03. The van der Waals surface area contributed by atoms with Gasteiger partial charge in [0.25, 0.3) is 0 Å². The number of nitrogens with zero attached hydrogens (tertiary/aromatic N) is 1. The molecule has 0 radical (unpaired) electrons. The van der Waals surface area contributed by atoms with Crippen LogP contribution in [0.5, 0.6) is 0 Å². The second-order valence-electron chi connectivity index (χ2n) is 6.16. The number of hydrogen-bond acceptors (Lipinski definition) is 3. The van der Waals surface area contributed by atoms with Gasteiger partial charge in [0.2, 0.25) is 0 Å². The van der Waals surface area contributed by atoms with Crippen LogP contribution < -0.4 is 5.73 Å². The molecule has 112 valence electrons. The Labute approximate surface area is 131 Å². The van der Waals surface area contributed by atoms with E-state index in [9.17, 15) is 0 Å². The molecule has 0 aliphatic carbocycles. The molecule has 0 bridgehead atoms. The monoisotopic (exact) mass is 300 g/mol. The van der Waals surface area contributed by atoms with Crippen molar-refractivity contribution < 1.29 is 0 Å². The predicted octanol–water partition coefficient (Wildman–Crippen LogP) is 3.93. The third kappa shape index (κ3) is 3.05. The fraction of sp³-hybridized carbons (Fsp3) is 0.444. The highest BCUT2D eigenvalue weighted by molar-refractivity contribution is 7.10. The van der Waals surface area contributed by atoms with Crippen LogP contribution in [0.25, 0.3) is 0 Å². The molecule has 2 nitrogen and oxygen atoms in total. The Morgan fingerprint density at radius 3 is 2.52 bits per heavy atom. The van der Waals surface area contributed by atoms with Crippen LogP contribution in [-0.2, 0) is 13.0 Å². The third-order valence-corrected chi connectivity index (χ3v) is 5.51. The van der Waals surface area contributed by atoms with Gasteiger partial charge in [-0.3, -0.25) is 4.90 Å². The van der Waals surface area contributed by atoms with Gasteiger partial charge in [-0.1, -0.05) is 38.1 Å². The lowest BCUT2D eigenvalue weighted by Gasteiger charge is -2.34. The van der Waals surface area contributed by atoms with E-state index < -0.39 is 0 Å². The number of nitrogens with two attached hydrogens (primary N) is 1. The van der Waals surface area contributed by atoms with Gasteiger partial charge in [0.05, 0.1) is 0 Å². The lowest BCUT2D eigenvalue weighted by molar-refractivity contribution is 0.185. The van der Waals surface area contributed by atoms with Crippen LogP contribution in [0.3, 0.4) is 0 Å². The maximum absolute atomic E-state index is 6.09. The zero-order valence-electron chi connectivity index (χ0n) is 12.9. The average Bonchev–Trinajstić information content (AvgIpc) is 2.96. The molecule has 2 heterocycles. The molecule has 2 N–H and O–H groups in total. The summed E-state index contributed by atoms with van der Waals surface area (Å²) in [5.41, 5.74) is 10.3. The molecule has 1 aromatic carbocycles. The van der Waals surface area contributed by atoms with Gasteiger partial charge in [0.1, 0.15) is 0 Å². The van der Waals surface area contributed by atoms with Crippen molar-refractivity contribution in [1.82, 2.24) is 4.90 Å². The summed E-state index contributed by atoms with van der Waals surface area (Å²) in [5.74, 6) is 0.582. The van der Waals surface area contributed by atoms with E-state index in [1.165, 1.54) is 16.7 Å². The van der Waals surface area contributed by atoms with Crippen molar-refractivity contribution in [3.63, 3.8) is 0 Å². The first kappa shape index (κ1) is 14.8. The Balaban J connectivity index is 1.79. The number of benzene rings is 1. The zero-order valence-corrected chi connectivity index (χ0v) is 13.7. The summed E-state index contributed by atoms with van der Waals surface area (Å²) >= 11 is 1.89. The summed E-state index contributed by atoms with van der Waals surface area (Å²) in [6.07, 6.45) is 1.16. The SMILES string of the molecule is CC(C)c1ccc(C(CN)N2CCc3sccc3C2)cc1. The Morgan fingerprint density at radius 2 is 1.86 bits per heavy atom. The molecule has 0 saturated carbocycles. The first-order valence-electron chi connectivity index (χ1n) is 7.78. The minimum Gasteiger partial charge on any atom is -0.329 e. The number of rotatable bonds is 4. The van der Waals surface area contributed by atoms with Crippen molar-refractivity contribution in [2.45, 2.75) is 38.8 Å². The molecule has 2 aromatic rings. The smallest absolute Gasteiger partial charge is 0.0474 e. The van der Waals surface area contributed by atoms with E-state index in [1.54, 1.807) is 4.88 Å². The molecule has 0 amide bonds. The molecular weight excluding hydrogens is 276 g/mol. The van der Waals surface area contributed by atoms with E-state index in [-0.39, 0.29) is 0 Å². The lowest BCUT2D eigenvalue weighted by atomic mass is 9.97. The van der Waals surface area contributed by atoms with Gasteiger partial charge in [0.15, 0.2) is 0 Å². The molecule has 0 fully saturated rings. The summed E-state index contributed by atoms with van der Waals surface area (Å²) < 4.78 is 0. The standard InChI is InChI=1S/C18H24N2S/c1-13(2)14-3-5-15(6-4-14)17(11-19)20-9-7-18-16(12-20)8-10-21-18/h3-6,8,10,13,17H,7,9,11-12,19H2,1-2H3. The molecule has 1 atom stereocenters. The lowest BCUT2D eigenvalue weighted by Crippen LogP contribution is -2.37. The van der Waals surface area contributed by atoms with Crippen molar-refractivity contribution >= 4 is 11.3 Å². The van der Waals surface area contributed by atoms with E-state index >= 15 is 0 Å². The molecule has 1 aliphatic heterocycles. The molecule has 1 unspecified atom stereocenters. The average molecular weight is 300 g/mol. The maximum atomic E-state index is 6.09. The van der Waals surface area contributed by atoms with Crippen LogP contribution >= 0.6 is 11.3 Å². The van der Waals surface area contributed by atoms with Crippen LogP contribution in [0, 0.1) is 0 Å². The van der Waals surface area contributed by atoms with E-state index in [0.29, 0.717) is 18.5 Å². The van der Waals surface area contributed by atoms with Gasteiger partial charge < -0.3 is 5.73 Å². The van der Waals surface area contributed by atoms with Crippen LogP contribution in [0.2, 0.25) is 0 Å². The van der Waals surface area contributed by atoms with E-state index in [2.05, 4.69) is 54.5 Å². The third-order valence-electron chi connectivity index (χ3n) is 4.49. The Hall–Kier alpha value is -1.16. The van der Waals surface area contributed by atoms with Crippen LogP contribution in [0.4, 0.5) is 0 Å². The largest absolute Gasteiger partial charge is 0.329 e. The number of thiophene rings is 1. The van der Waals surface area contributed by atoms with E-state index in [0.717, 1.165) is 19.5 Å². The molecule has 3 rings (SSSR count). The zero-order chi connectivity index (χ0) is 14.8. The van der Waals surface area contributed by atoms with Gasteiger partial charge in [-0.15, -0.1) is 11.3 Å². The highest BCUT2D eigenvalue weighted by Gasteiger charge is 2.24. The second kappa shape index (κ2) is 6.30. The van der Waals surface area contributed by atoms with Crippen LogP contribution in [0.1, 0.15) is 47.4 Å². The number of hydrogen-bond donors (Lipinski definition) is 1. The van der Waals surface area contributed by atoms with Crippen molar-refractivity contribution in [2.75, 3.05) is 13.1 Å². The van der Waals surface area contributed by atoms with Crippen LogP contribution in [-0.4, -0.2) is 18.0 Å². The Kier molecular flexibility index (Phi) is 4.43. The van der Waals surface area contributed by atoms with E-state index in [1.807, 2.05) is 11.3 Å². The molecule has 3 heteroatoms. The van der Waals surface area contributed by atoms with Gasteiger partial charge in [-0.25, -0.2) is 0 Å². The molecule has 1 aromatic heterocycles. The Bertz CT molecular complexity index is 586. The molecule has 0 saturated heterocycles. The minimum atomic E-state index is 0.333.